The van der Waals surface area contributed by atoms with E-state index in [2.05, 4.69) is 10.7 Å². The summed E-state index contributed by atoms with van der Waals surface area (Å²) in [6.45, 7) is 8.71. The molecule has 0 aliphatic heterocycles. The number of hydrogen-bond donors (Lipinski definition) is 3. The number of rotatable bonds is 7. The van der Waals surface area contributed by atoms with Gasteiger partial charge in [-0.3, -0.25) is 11.3 Å². The average molecular weight is 235 g/mol. The minimum absolute atomic E-state index is 0.231. The zero-order valence-electron chi connectivity index (χ0n) is 10.4. The van der Waals surface area contributed by atoms with Gasteiger partial charge in [-0.05, 0) is 13.8 Å². The Morgan fingerprint density at radius 2 is 1.88 bits per heavy atom. The summed E-state index contributed by atoms with van der Waals surface area (Å²) in [5.41, 5.74) is 1.82. The Morgan fingerprint density at radius 3 is 2.31 bits per heavy atom. The zero-order chi connectivity index (χ0) is 12.8. The van der Waals surface area contributed by atoms with Crippen molar-refractivity contribution in [2.24, 2.45) is 11.3 Å². The van der Waals surface area contributed by atoms with Crippen LogP contribution in [-0.2, 0) is 4.74 Å². The van der Waals surface area contributed by atoms with Crippen molar-refractivity contribution in [3.8, 4) is 0 Å². The summed E-state index contributed by atoms with van der Waals surface area (Å²) < 4.78 is 17.7. The van der Waals surface area contributed by atoms with E-state index in [1.54, 1.807) is 0 Å². The van der Waals surface area contributed by atoms with Gasteiger partial charge in [0.15, 0.2) is 0 Å². The van der Waals surface area contributed by atoms with Crippen LogP contribution in [0.4, 0.5) is 9.18 Å². The third-order valence-electron chi connectivity index (χ3n) is 2.09. The minimum Gasteiger partial charge on any atom is -0.374 e. The van der Waals surface area contributed by atoms with Crippen LogP contribution in [0.1, 0.15) is 27.7 Å². The Kier molecular flexibility index (Phi) is 5.85. The van der Waals surface area contributed by atoms with E-state index in [1.165, 1.54) is 0 Å². The molecule has 0 aliphatic rings. The summed E-state index contributed by atoms with van der Waals surface area (Å²) in [7, 11) is 0. The van der Waals surface area contributed by atoms with Crippen LogP contribution in [0.5, 0.6) is 0 Å². The number of carbonyl (C=O) groups excluding carboxylic acids is 1. The summed E-state index contributed by atoms with van der Waals surface area (Å²) in [4.78, 5) is 10.1. The summed E-state index contributed by atoms with van der Waals surface area (Å²) >= 11 is 0. The predicted molar refractivity (Wildman–Crippen MR) is 60.5 cm³/mol. The highest BCUT2D eigenvalue weighted by atomic mass is 19.1. The van der Waals surface area contributed by atoms with Crippen molar-refractivity contribution in [2.75, 3.05) is 19.7 Å². The number of nitrogens with one attached hydrogen (secondary N) is 2. The molecule has 0 rings (SSSR count). The molecule has 0 aliphatic carbocycles. The lowest BCUT2D eigenvalue weighted by molar-refractivity contribution is -0.0521. The molecule has 0 spiro atoms. The molecule has 0 aromatic rings. The molecule has 0 bridgehead atoms. The second kappa shape index (κ2) is 6.12. The predicted octanol–water partition coefficient (Wildman–Crippen LogP) is 0.950. The molecule has 0 fully saturated rings. The van der Waals surface area contributed by atoms with Crippen LogP contribution in [0.15, 0.2) is 0 Å². The molecule has 16 heavy (non-hydrogen) atoms. The molecular weight excluding hydrogens is 213 g/mol. The molecule has 0 atom stereocenters. The maximum atomic E-state index is 12.0. The Morgan fingerprint density at radius 1 is 1.31 bits per heavy atom. The van der Waals surface area contributed by atoms with Gasteiger partial charge < -0.3 is 10.1 Å². The number of halogens is 1. The lowest BCUT2D eigenvalue weighted by Crippen LogP contribution is -2.44. The monoisotopic (exact) mass is 235 g/mol. The lowest BCUT2D eigenvalue weighted by atomic mass is 9.94. The molecule has 1 amide bonds. The number of nitrogens with two attached hydrogens (primary N) is 1. The fraction of sp³-hybridized carbons (Fsp3) is 0.900. The normalized spacial score (nSPS) is 12.6. The molecule has 0 saturated heterocycles. The maximum Gasteiger partial charge on any atom is 0.397 e. The van der Waals surface area contributed by atoms with E-state index in [1.807, 2.05) is 27.7 Å². The van der Waals surface area contributed by atoms with Crippen molar-refractivity contribution in [1.82, 2.24) is 10.7 Å². The van der Waals surface area contributed by atoms with Crippen molar-refractivity contribution < 1.29 is 13.9 Å². The smallest absolute Gasteiger partial charge is 0.374 e. The van der Waals surface area contributed by atoms with Crippen molar-refractivity contribution in [3.05, 3.63) is 0 Å². The quantitative estimate of drug-likeness (QED) is 0.266. The van der Waals surface area contributed by atoms with Gasteiger partial charge in [0.25, 0.3) is 0 Å². The third kappa shape index (κ3) is 7.56. The molecule has 0 aromatic carbocycles. The summed E-state index contributed by atoms with van der Waals surface area (Å²) in [6, 6.07) is 0. The van der Waals surface area contributed by atoms with Crippen LogP contribution >= 0.6 is 0 Å². The summed E-state index contributed by atoms with van der Waals surface area (Å²) in [5, 5.41) is 2.13. The summed E-state index contributed by atoms with van der Waals surface area (Å²) in [6.07, 6.45) is -1.52. The zero-order valence-corrected chi connectivity index (χ0v) is 10.4. The number of carbonyl (C=O) groups is 1. The molecule has 6 heteroatoms. The van der Waals surface area contributed by atoms with E-state index in [0.29, 0.717) is 13.2 Å². The van der Waals surface area contributed by atoms with Crippen LogP contribution < -0.4 is 16.6 Å². The van der Waals surface area contributed by atoms with Crippen molar-refractivity contribution >= 4 is 6.16 Å². The van der Waals surface area contributed by atoms with E-state index < -0.39 is 11.8 Å². The van der Waals surface area contributed by atoms with Crippen molar-refractivity contribution in [3.63, 3.8) is 0 Å². The molecule has 0 unspecified atom stereocenters. The van der Waals surface area contributed by atoms with Gasteiger partial charge in [-0.25, -0.2) is 4.79 Å². The van der Waals surface area contributed by atoms with Gasteiger partial charge in [0, 0.05) is 18.5 Å². The topological polar surface area (TPSA) is 76.4 Å². The number of ether oxygens (including phenoxy) is 1. The Hall–Kier alpha value is -0.720. The molecule has 0 aromatic heterocycles. The van der Waals surface area contributed by atoms with Gasteiger partial charge in [0.2, 0.25) is 0 Å². The number of amides is 1. The Bertz CT molecular complexity index is 232. The van der Waals surface area contributed by atoms with E-state index in [9.17, 15) is 9.18 Å². The SMILES string of the molecule is CC(C)(CNC(=O)F)COC(C)(C)CNN. The van der Waals surface area contributed by atoms with E-state index in [-0.39, 0.29) is 12.0 Å². The van der Waals surface area contributed by atoms with Crippen molar-refractivity contribution in [2.45, 2.75) is 33.3 Å². The maximum absolute atomic E-state index is 12.0. The van der Waals surface area contributed by atoms with Crippen LogP contribution in [0.2, 0.25) is 0 Å². The first-order valence-corrected chi connectivity index (χ1v) is 5.19. The molecule has 0 heterocycles. The molecule has 4 N–H and O–H groups in total. The highest BCUT2D eigenvalue weighted by Gasteiger charge is 2.25. The molecule has 0 radical (unpaired) electrons. The fourth-order valence-corrected chi connectivity index (χ4v) is 1.05. The minimum atomic E-state index is -1.52. The first-order valence-electron chi connectivity index (χ1n) is 5.19. The highest BCUT2D eigenvalue weighted by molar-refractivity contribution is 5.65. The van der Waals surface area contributed by atoms with Crippen LogP contribution in [-0.4, -0.2) is 31.5 Å². The number of hydrazine groups is 1. The van der Waals surface area contributed by atoms with E-state index in [4.69, 9.17) is 10.6 Å². The second-order valence-electron chi connectivity index (χ2n) is 5.22. The van der Waals surface area contributed by atoms with Crippen LogP contribution in [0, 0.1) is 5.41 Å². The Balaban J connectivity index is 4.01. The fourth-order valence-electron chi connectivity index (χ4n) is 1.05. The molecular formula is C10H22FN3O2. The summed E-state index contributed by atoms with van der Waals surface area (Å²) in [5.74, 6) is 5.22. The largest absolute Gasteiger partial charge is 0.397 e. The first kappa shape index (κ1) is 15.3. The van der Waals surface area contributed by atoms with Gasteiger partial charge in [0.05, 0.1) is 12.2 Å². The molecule has 0 saturated carbocycles. The second-order valence-corrected chi connectivity index (χ2v) is 5.22. The van der Waals surface area contributed by atoms with E-state index in [0.717, 1.165) is 0 Å². The van der Waals surface area contributed by atoms with Crippen LogP contribution in [0.25, 0.3) is 0 Å². The van der Waals surface area contributed by atoms with Gasteiger partial charge in [-0.1, -0.05) is 13.8 Å². The highest BCUT2D eigenvalue weighted by Crippen LogP contribution is 2.18. The Labute approximate surface area is 95.9 Å². The standard InChI is InChI=1S/C10H22FN3O2/c1-9(2,5-13-8(11)15)7-16-10(3,4)6-14-12/h14H,5-7,12H2,1-4H3,(H,13,15). The van der Waals surface area contributed by atoms with Gasteiger partial charge in [-0.2, -0.15) is 0 Å². The first-order chi connectivity index (χ1) is 7.18. The third-order valence-corrected chi connectivity index (χ3v) is 2.09. The van der Waals surface area contributed by atoms with Crippen LogP contribution in [0.3, 0.4) is 0 Å². The van der Waals surface area contributed by atoms with Gasteiger partial charge in [0.1, 0.15) is 0 Å². The lowest BCUT2D eigenvalue weighted by Gasteiger charge is -2.31. The van der Waals surface area contributed by atoms with E-state index >= 15 is 0 Å². The van der Waals surface area contributed by atoms with Gasteiger partial charge in [-0.15, -0.1) is 4.39 Å². The molecule has 96 valence electrons. The van der Waals surface area contributed by atoms with Gasteiger partial charge >= 0.3 is 6.16 Å². The number of hydrogen-bond acceptors (Lipinski definition) is 4. The van der Waals surface area contributed by atoms with Crippen molar-refractivity contribution in [1.29, 1.82) is 0 Å². The average Bonchev–Trinajstić information content (AvgIpc) is 2.13. The molecule has 5 nitrogen and oxygen atoms in total.